The molecular weight excluding hydrogens is 220 g/mol. The van der Waals surface area contributed by atoms with E-state index < -0.39 is 0 Å². The van der Waals surface area contributed by atoms with Crippen molar-refractivity contribution in [1.29, 1.82) is 0 Å². The molecule has 1 aliphatic heterocycles. The minimum atomic E-state index is 1.05. The van der Waals surface area contributed by atoms with Crippen molar-refractivity contribution < 1.29 is 0 Å². The largest absolute Gasteiger partial charge is 0.369 e. The van der Waals surface area contributed by atoms with Crippen LogP contribution in [0, 0.1) is 0 Å². The van der Waals surface area contributed by atoms with Crippen molar-refractivity contribution in [3.05, 3.63) is 54.6 Å². The summed E-state index contributed by atoms with van der Waals surface area (Å²) < 4.78 is 0. The van der Waals surface area contributed by atoms with E-state index in [0.29, 0.717) is 0 Å². The van der Waals surface area contributed by atoms with Gasteiger partial charge in [-0.3, -0.25) is 0 Å². The smallest absolute Gasteiger partial charge is 0.0367 e. The molecule has 0 aliphatic carbocycles. The van der Waals surface area contributed by atoms with Crippen LogP contribution >= 0.6 is 0 Å². The quantitative estimate of drug-likeness (QED) is 0.865. The molecule has 0 radical (unpaired) electrons. The molecule has 2 aromatic rings. The number of benzene rings is 2. The van der Waals surface area contributed by atoms with Crippen LogP contribution in [0.5, 0.6) is 0 Å². The number of fused-ring (bicyclic) bond motifs is 1. The SMILES string of the molecule is C=C(c1ccc2ccccc2c1)N1CCNCC1. The van der Waals surface area contributed by atoms with Crippen LogP contribution in [-0.4, -0.2) is 31.1 Å². The fourth-order valence-electron chi connectivity index (χ4n) is 2.49. The fraction of sp³-hybridized carbons (Fsp3) is 0.250. The van der Waals surface area contributed by atoms with Crippen molar-refractivity contribution in [2.45, 2.75) is 0 Å². The lowest BCUT2D eigenvalue weighted by Gasteiger charge is -2.31. The Morgan fingerprint density at radius 2 is 1.72 bits per heavy atom. The molecule has 0 saturated carbocycles. The Hall–Kier alpha value is -1.80. The van der Waals surface area contributed by atoms with Gasteiger partial charge in [0.15, 0.2) is 0 Å². The van der Waals surface area contributed by atoms with Crippen molar-refractivity contribution in [1.82, 2.24) is 10.2 Å². The molecule has 2 heteroatoms. The zero-order valence-corrected chi connectivity index (χ0v) is 10.5. The molecule has 3 rings (SSSR count). The molecule has 18 heavy (non-hydrogen) atoms. The number of nitrogens with one attached hydrogen (secondary N) is 1. The third-order valence-corrected chi connectivity index (χ3v) is 3.58. The molecule has 92 valence electrons. The molecule has 0 spiro atoms. The summed E-state index contributed by atoms with van der Waals surface area (Å²) in [5, 5.41) is 5.94. The van der Waals surface area contributed by atoms with E-state index in [1.54, 1.807) is 0 Å². The maximum Gasteiger partial charge on any atom is 0.0367 e. The second-order valence-corrected chi connectivity index (χ2v) is 4.75. The van der Waals surface area contributed by atoms with E-state index in [9.17, 15) is 0 Å². The van der Waals surface area contributed by atoms with Gasteiger partial charge in [-0.05, 0) is 22.4 Å². The minimum absolute atomic E-state index is 1.05. The van der Waals surface area contributed by atoms with Crippen LogP contribution in [0.3, 0.4) is 0 Å². The number of hydrogen-bond acceptors (Lipinski definition) is 2. The molecule has 2 nitrogen and oxygen atoms in total. The van der Waals surface area contributed by atoms with Crippen LogP contribution in [0.4, 0.5) is 0 Å². The Bertz CT molecular complexity index is 568. The zero-order chi connectivity index (χ0) is 12.4. The molecule has 0 unspecified atom stereocenters. The molecule has 0 bridgehead atoms. The first-order valence-electron chi connectivity index (χ1n) is 6.48. The molecule has 0 aromatic heterocycles. The highest BCUT2D eigenvalue weighted by Crippen LogP contribution is 2.22. The van der Waals surface area contributed by atoms with Gasteiger partial charge in [-0.15, -0.1) is 0 Å². The standard InChI is InChI=1S/C16H18N2/c1-13(18-10-8-17-9-11-18)15-7-6-14-4-2-3-5-16(14)12-15/h2-7,12,17H,1,8-11H2. The van der Waals surface area contributed by atoms with Gasteiger partial charge in [0, 0.05) is 31.9 Å². The number of nitrogens with zero attached hydrogens (tertiary/aromatic N) is 1. The molecule has 1 saturated heterocycles. The van der Waals surface area contributed by atoms with Crippen LogP contribution in [-0.2, 0) is 0 Å². The molecule has 1 aliphatic rings. The van der Waals surface area contributed by atoms with Crippen molar-refractivity contribution in [2.24, 2.45) is 0 Å². The maximum atomic E-state index is 4.25. The summed E-state index contributed by atoms with van der Waals surface area (Å²) in [5.41, 5.74) is 2.37. The van der Waals surface area contributed by atoms with Crippen molar-refractivity contribution >= 4 is 16.5 Å². The highest BCUT2D eigenvalue weighted by Gasteiger charge is 2.12. The average molecular weight is 238 g/mol. The summed E-state index contributed by atoms with van der Waals surface area (Å²) in [5.74, 6) is 0. The van der Waals surface area contributed by atoms with Gasteiger partial charge in [-0.2, -0.15) is 0 Å². The Morgan fingerprint density at radius 3 is 2.50 bits per heavy atom. The van der Waals surface area contributed by atoms with E-state index >= 15 is 0 Å². The average Bonchev–Trinajstić information content (AvgIpc) is 2.47. The van der Waals surface area contributed by atoms with E-state index in [1.165, 1.54) is 16.3 Å². The third kappa shape index (κ3) is 2.12. The lowest BCUT2D eigenvalue weighted by molar-refractivity contribution is 0.341. The van der Waals surface area contributed by atoms with Crippen molar-refractivity contribution in [3.63, 3.8) is 0 Å². The predicted octanol–water partition coefficient (Wildman–Crippen LogP) is 2.72. The van der Waals surface area contributed by atoms with Crippen LogP contribution in [0.2, 0.25) is 0 Å². The fourth-order valence-corrected chi connectivity index (χ4v) is 2.49. The van der Waals surface area contributed by atoms with Gasteiger partial charge in [-0.25, -0.2) is 0 Å². The Kier molecular flexibility index (Phi) is 3.03. The van der Waals surface area contributed by atoms with Gasteiger partial charge < -0.3 is 10.2 Å². The van der Waals surface area contributed by atoms with Crippen molar-refractivity contribution in [2.75, 3.05) is 26.2 Å². The van der Waals surface area contributed by atoms with E-state index in [4.69, 9.17) is 0 Å². The van der Waals surface area contributed by atoms with Gasteiger partial charge in [0.25, 0.3) is 0 Å². The third-order valence-electron chi connectivity index (χ3n) is 3.58. The van der Waals surface area contributed by atoms with Crippen LogP contribution in [0.1, 0.15) is 5.56 Å². The number of piperazine rings is 1. The van der Waals surface area contributed by atoms with E-state index in [2.05, 4.69) is 59.3 Å². The summed E-state index contributed by atoms with van der Waals surface area (Å²) in [6.07, 6.45) is 0. The summed E-state index contributed by atoms with van der Waals surface area (Å²) in [7, 11) is 0. The summed E-state index contributed by atoms with van der Waals surface area (Å²) in [4.78, 5) is 2.36. The van der Waals surface area contributed by atoms with Gasteiger partial charge >= 0.3 is 0 Å². The highest BCUT2D eigenvalue weighted by molar-refractivity contribution is 5.85. The lowest BCUT2D eigenvalue weighted by Crippen LogP contribution is -2.42. The second kappa shape index (κ2) is 4.83. The number of hydrogen-bond donors (Lipinski definition) is 1. The molecular formula is C16H18N2. The molecule has 0 atom stereocenters. The lowest BCUT2D eigenvalue weighted by atomic mass is 10.0. The molecule has 2 aromatic carbocycles. The first kappa shape index (κ1) is 11.3. The molecule has 1 heterocycles. The topological polar surface area (TPSA) is 15.3 Å². The van der Waals surface area contributed by atoms with Gasteiger partial charge in [0.2, 0.25) is 0 Å². The van der Waals surface area contributed by atoms with Crippen LogP contribution in [0.15, 0.2) is 49.0 Å². The zero-order valence-electron chi connectivity index (χ0n) is 10.5. The van der Waals surface area contributed by atoms with E-state index in [-0.39, 0.29) is 0 Å². The van der Waals surface area contributed by atoms with Crippen molar-refractivity contribution in [3.8, 4) is 0 Å². The normalized spacial score (nSPS) is 15.9. The van der Waals surface area contributed by atoms with E-state index in [1.807, 2.05) is 0 Å². The Morgan fingerprint density at radius 1 is 1.00 bits per heavy atom. The summed E-state index contributed by atoms with van der Waals surface area (Å²) in [6.45, 7) is 8.44. The Labute approximate surface area is 108 Å². The summed E-state index contributed by atoms with van der Waals surface area (Å²) in [6, 6.07) is 15.0. The molecule has 0 amide bonds. The first-order chi connectivity index (χ1) is 8.84. The molecule has 1 fully saturated rings. The van der Waals surface area contributed by atoms with Crippen LogP contribution < -0.4 is 5.32 Å². The molecule has 1 N–H and O–H groups in total. The van der Waals surface area contributed by atoms with Gasteiger partial charge in [-0.1, -0.05) is 43.0 Å². The van der Waals surface area contributed by atoms with Crippen LogP contribution in [0.25, 0.3) is 16.5 Å². The van der Waals surface area contributed by atoms with Gasteiger partial charge in [0.1, 0.15) is 0 Å². The minimum Gasteiger partial charge on any atom is -0.369 e. The predicted molar refractivity (Wildman–Crippen MR) is 77.4 cm³/mol. The Balaban J connectivity index is 1.91. The monoisotopic (exact) mass is 238 g/mol. The first-order valence-corrected chi connectivity index (χ1v) is 6.48. The van der Waals surface area contributed by atoms with Gasteiger partial charge in [0.05, 0.1) is 0 Å². The summed E-state index contributed by atoms with van der Waals surface area (Å²) >= 11 is 0. The number of rotatable bonds is 2. The highest BCUT2D eigenvalue weighted by atomic mass is 15.2. The maximum absolute atomic E-state index is 4.25. The van der Waals surface area contributed by atoms with E-state index in [0.717, 1.165) is 31.9 Å². The second-order valence-electron chi connectivity index (χ2n) is 4.75.